The van der Waals surface area contributed by atoms with E-state index in [2.05, 4.69) is 24.9 Å². The number of benzene rings is 1. The summed E-state index contributed by atoms with van der Waals surface area (Å²) < 4.78 is 14.1. The second kappa shape index (κ2) is 7.36. The Morgan fingerprint density at radius 1 is 1.17 bits per heavy atom. The standard InChI is InChI=1S/C15H15N3O6/c1-8-16-12(18-24-8)7-13(19)17-11-6-9(14(20)22-2)4-5-10(11)15(21)23-3/h4-6H,7H2,1-3H3,(H,17,19). The van der Waals surface area contributed by atoms with Gasteiger partial charge >= 0.3 is 11.9 Å². The van der Waals surface area contributed by atoms with E-state index in [1.807, 2.05) is 0 Å². The topological polar surface area (TPSA) is 121 Å². The van der Waals surface area contributed by atoms with Gasteiger partial charge in [-0.2, -0.15) is 4.98 Å². The van der Waals surface area contributed by atoms with Gasteiger partial charge in [-0.15, -0.1) is 0 Å². The summed E-state index contributed by atoms with van der Waals surface area (Å²) in [5, 5.41) is 6.15. The fourth-order valence-corrected chi connectivity index (χ4v) is 1.93. The van der Waals surface area contributed by atoms with Crippen molar-refractivity contribution in [2.75, 3.05) is 19.5 Å². The predicted molar refractivity (Wildman–Crippen MR) is 80.5 cm³/mol. The third-order valence-corrected chi connectivity index (χ3v) is 3.01. The number of hydrogen-bond donors (Lipinski definition) is 1. The molecule has 126 valence electrons. The summed E-state index contributed by atoms with van der Waals surface area (Å²) in [5.41, 5.74) is 0.397. The van der Waals surface area contributed by atoms with Crippen LogP contribution >= 0.6 is 0 Å². The molecule has 0 aliphatic rings. The van der Waals surface area contributed by atoms with Gasteiger partial charge < -0.3 is 19.3 Å². The molecule has 0 atom stereocenters. The van der Waals surface area contributed by atoms with Crippen LogP contribution in [-0.4, -0.2) is 42.2 Å². The molecule has 24 heavy (non-hydrogen) atoms. The highest BCUT2D eigenvalue weighted by Crippen LogP contribution is 2.20. The SMILES string of the molecule is COC(=O)c1ccc(C(=O)OC)c(NC(=O)Cc2noc(C)n2)c1. The Balaban J connectivity index is 2.26. The summed E-state index contributed by atoms with van der Waals surface area (Å²) >= 11 is 0. The minimum Gasteiger partial charge on any atom is -0.465 e. The molecule has 1 aromatic carbocycles. The third kappa shape index (κ3) is 3.94. The van der Waals surface area contributed by atoms with Crippen LogP contribution in [0.4, 0.5) is 5.69 Å². The Hall–Kier alpha value is -3.23. The Morgan fingerprint density at radius 3 is 2.46 bits per heavy atom. The van der Waals surface area contributed by atoms with Crippen molar-refractivity contribution >= 4 is 23.5 Å². The quantitative estimate of drug-likeness (QED) is 0.808. The van der Waals surface area contributed by atoms with Gasteiger partial charge in [0, 0.05) is 6.92 Å². The molecule has 0 saturated carbocycles. The van der Waals surface area contributed by atoms with Gasteiger partial charge in [0.1, 0.15) is 0 Å². The Kier molecular flexibility index (Phi) is 5.25. The highest BCUT2D eigenvalue weighted by molar-refractivity contribution is 6.03. The second-order valence-corrected chi connectivity index (χ2v) is 4.70. The minimum atomic E-state index is -0.655. The molecule has 1 heterocycles. The lowest BCUT2D eigenvalue weighted by Crippen LogP contribution is -2.18. The fourth-order valence-electron chi connectivity index (χ4n) is 1.93. The molecule has 2 aromatic rings. The van der Waals surface area contributed by atoms with Crippen LogP contribution in [0.5, 0.6) is 0 Å². The first-order chi connectivity index (χ1) is 11.4. The van der Waals surface area contributed by atoms with Crippen molar-refractivity contribution in [3.8, 4) is 0 Å². The number of nitrogens with one attached hydrogen (secondary N) is 1. The Bertz CT molecular complexity index is 783. The third-order valence-electron chi connectivity index (χ3n) is 3.01. The lowest BCUT2D eigenvalue weighted by atomic mass is 10.1. The van der Waals surface area contributed by atoms with E-state index in [-0.39, 0.29) is 29.1 Å². The summed E-state index contributed by atoms with van der Waals surface area (Å²) in [6, 6.07) is 4.10. The fraction of sp³-hybridized carbons (Fsp3) is 0.267. The number of nitrogens with zero attached hydrogens (tertiary/aromatic N) is 2. The molecule has 1 aromatic heterocycles. The first-order valence-corrected chi connectivity index (χ1v) is 6.84. The number of aromatic nitrogens is 2. The van der Waals surface area contributed by atoms with Crippen molar-refractivity contribution in [3.63, 3.8) is 0 Å². The van der Waals surface area contributed by atoms with Crippen LogP contribution in [0.25, 0.3) is 0 Å². The average molecular weight is 333 g/mol. The smallest absolute Gasteiger partial charge is 0.339 e. The monoisotopic (exact) mass is 333 g/mol. The van der Waals surface area contributed by atoms with Crippen molar-refractivity contribution in [1.29, 1.82) is 0 Å². The van der Waals surface area contributed by atoms with Gasteiger partial charge in [-0.1, -0.05) is 5.16 Å². The molecule has 0 fully saturated rings. The van der Waals surface area contributed by atoms with E-state index < -0.39 is 17.8 Å². The van der Waals surface area contributed by atoms with E-state index >= 15 is 0 Å². The van der Waals surface area contributed by atoms with E-state index in [9.17, 15) is 14.4 Å². The molecule has 0 aliphatic heterocycles. The van der Waals surface area contributed by atoms with Gasteiger partial charge in [0.25, 0.3) is 0 Å². The van der Waals surface area contributed by atoms with Gasteiger partial charge in [0.05, 0.1) is 37.5 Å². The molecule has 9 heteroatoms. The second-order valence-electron chi connectivity index (χ2n) is 4.70. The molecule has 2 rings (SSSR count). The summed E-state index contributed by atoms with van der Waals surface area (Å²) in [7, 11) is 2.44. The van der Waals surface area contributed by atoms with Crippen LogP contribution < -0.4 is 5.32 Å². The van der Waals surface area contributed by atoms with E-state index in [1.165, 1.54) is 32.4 Å². The zero-order chi connectivity index (χ0) is 17.7. The number of anilines is 1. The van der Waals surface area contributed by atoms with Crippen molar-refractivity contribution in [1.82, 2.24) is 10.1 Å². The molecule has 0 aliphatic carbocycles. The van der Waals surface area contributed by atoms with Crippen LogP contribution in [-0.2, 0) is 20.7 Å². The number of amides is 1. The molecule has 0 spiro atoms. The summed E-state index contributed by atoms with van der Waals surface area (Å²) in [4.78, 5) is 39.4. The Morgan fingerprint density at radius 2 is 1.88 bits per heavy atom. The predicted octanol–water partition coefficient (Wildman–Crippen LogP) is 1.13. The summed E-state index contributed by atoms with van der Waals surface area (Å²) in [6.07, 6.45) is -0.152. The molecule has 0 radical (unpaired) electrons. The van der Waals surface area contributed by atoms with E-state index in [4.69, 9.17) is 4.52 Å². The number of carbonyl (C=O) groups is 3. The molecule has 1 N–H and O–H groups in total. The molecule has 9 nitrogen and oxygen atoms in total. The number of esters is 2. The van der Waals surface area contributed by atoms with Gasteiger partial charge in [0.2, 0.25) is 11.8 Å². The summed E-state index contributed by atoms with van der Waals surface area (Å²) in [5.74, 6) is -1.20. The van der Waals surface area contributed by atoms with Crippen molar-refractivity contribution in [3.05, 3.63) is 41.0 Å². The van der Waals surface area contributed by atoms with Gasteiger partial charge in [-0.3, -0.25) is 4.79 Å². The number of rotatable bonds is 5. The highest BCUT2D eigenvalue weighted by Gasteiger charge is 2.18. The molecule has 1 amide bonds. The van der Waals surface area contributed by atoms with Crippen molar-refractivity contribution in [2.24, 2.45) is 0 Å². The zero-order valence-electron chi connectivity index (χ0n) is 13.3. The van der Waals surface area contributed by atoms with E-state index in [0.29, 0.717) is 5.89 Å². The molecular weight excluding hydrogens is 318 g/mol. The van der Waals surface area contributed by atoms with Crippen molar-refractivity contribution in [2.45, 2.75) is 13.3 Å². The van der Waals surface area contributed by atoms with Gasteiger partial charge in [0.15, 0.2) is 5.82 Å². The van der Waals surface area contributed by atoms with Crippen LogP contribution in [0.15, 0.2) is 22.7 Å². The molecular formula is C15H15N3O6. The van der Waals surface area contributed by atoms with Crippen LogP contribution in [0, 0.1) is 6.92 Å². The maximum absolute atomic E-state index is 12.1. The molecule has 0 saturated heterocycles. The zero-order valence-corrected chi connectivity index (χ0v) is 13.3. The molecule has 0 bridgehead atoms. The number of methoxy groups -OCH3 is 2. The minimum absolute atomic E-state index is 0.0998. The maximum atomic E-state index is 12.1. The normalized spacial score (nSPS) is 10.1. The highest BCUT2D eigenvalue weighted by atomic mass is 16.5. The largest absolute Gasteiger partial charge is 0.465 e. The Labute approximate surface area is 136 Å². The number of aryl methyl sites for hydroxylation is 1. The van der Waals surface area contributed by atoms with Gasteiger partial charge in [-0.05, 0) is 18.2 Å². The van der Waals surface area contributed by atoms with Gasteiger partial charge in [-0.25, -0.2) is 9.59 Å². The molecule has 0 unspecified atom stereocenters. The first kappa shape index (κ1) is 17.1. The van der Waals surface area contributed by atoms with E-state index in [0.717, 1.165) is 0 Å². The van der Waals surface area contributed by atoms with E-state index in [1.54, 1.807) is 6.92 Å². The average Bonchev–Trinajstić information content (AvgIpc) is 2.97. The lowest BCUT2D eigenvalue weighted by molar-refractivity contribution is -0.115. The van der Waals surface area contributed by atoms with Crippen LogP contribution in [0.2, 0.25) is 0 Å². The number of carbonyl (C=O) groups excluding carboxylic acids is 3. The number of ether oxygens (including phenoxy) is 2. The van der Waals surface area contributed by atoms with Crippen LogP contribution in [0.3, 0.4) is 0 Å². The van der Waals surface area contributed by atoms with Crippen LogP contribution in [0.1, 0.15) is 32.4 Å². The lowest BCUT2D eigenvalue weighted by Gasteiger charge is -2.10. The first-order valence-electron chi connectivity index (χ1n) is 6.84. The maximum Gasteiger partial charge on any atom is 0.339 e. The number of hydrogen-bond acceptors (Lipinski definition) is 8. The summed E-state index contributed by atoms with van der Waals surface area (Å²) in [6.45, 7) is 1.60. The van der Waals surface area contributed by atoms with Crippen molar-refractivity contribution < 1.29 is 28.4 Å².